The Morgan fingerprint density at radius 2 is 1.75 bits per heavy atom. The van der Waals surface area contributed by atoms with Crippen molar-refractivity contribution < 1.29 is 19.1 Å². The van der Waals surface area contributed by atoms with Crippen molar-refractivity contribution in [3.63, 3.8) is 0 Å². The van der Waals surface area contributed by atoms with E-state index >= 15 is 0 Å². The quantitative estimate of drug-likeness (QED) is 0.813. The number of likely N-dealkylation sites (tertiary alicyclic amines) is 1. The third-order valence-electron chi connectivity index (χ3n) is 5.44. The topological polar surface area (TPSA) is 79.0 Å². The lowest BCUT2D eigenvalue weighted by Crippen LogP contribution is -2.45. The van der Waals surface area contributed by atoms with Gasteiger partial charge in [-0.1, -0.05) is 12.1 Å². The molecule has 0 bridgehead atoms. The van der Waals surface area contributed by atoms with E-state index in [1.54, 1.807) is 31.0 Å². The Hall–Kier alpha value is -2.57. The number of piperidine rings is 1. The van der Waals surface area contributed by atoms with Crippen LogP contribution in [0.4, 0.5) is 4.79 Å². The number of carbonyl (C=O) groups excluding carboxylic acids is 3. The Morgan fingerprint density at radius 3 is 2.29 bits per heavy atom. The lowest BCUT2D eigenvalue weighted by molar-refractivity contribution is -0.138. The molecule has 0 spiro atoms. The molecule has 1 N–H and O–H groups in total. The number of nitrogens with zero attached hydrogens (tertiary/aromatic N) is 2. The minimum absolute atomic E-state index is 0.0450. The predicted molar refractivity (Wildman–Crippen MR) is 105 cm³/mol. The van der Waals surface area contributed by atoms with Crippen LogP contribution in [0.3, 0.4) is 0 Å². The molecule has 1 saturated heterocycles. The molecule has 1 saturated carbocycles. The molecule has 2 aliphatic rings. The molecule has 152 valence electrons. The van der Waals surface area contributed by atoms with Gasteiger partial charge in [-0.25, -0.2) is 4.79 Å². The second-order valence-electron chi connectivity index (χ2n) is 7.43. The van der Waals surface area contributed by atoms with Crippen LogP contribution in [0.25, 0.3) is 0 Å². The summed E-state index contributed by atoms with van der Waals surface area (Å²) >= 11 is 0. The zero-order valence-corrected chi connectivity index (χ0v) is 16.6. The van der Waals surface area contributed by atoms with Gasteiger partial charge in [0.1, 0.15) is 0 Å². The molecule has 28 heavy (non-hydrogen) atoms. The zero-order valence-electron chi connectivity index (χ0n) is 16.6. The molecule has 7 nitrogen and oxygen atoms in total. The number of benzene rings is 1. The molecule has 2 fully saturated rings. The first-order valence-electron chi connectivity index (χ1n) is 10.1. The van der Waals surface area contributed by atoms with E-state index in [4.69, 9.17) is 4.74 Å². The minimum Gasteiger partial charge on any atom is -0.450 e. The van der Waals surface area contributed by atoms with Crippen molar-refractivity contribution in [1.82, 2.24) is 15.1 Å². The van der Waals surface area contributed by atoms with Gasteiger partial charge in [0.05, 0.1) is 6.61 Å². The van der Waals surface area contributed by atoms with Crippen LogP contribution in [-0.4, -0.2) is 60.5 Å². The number of carbonyl (C=O) groups is 3. The second-order valence-corrected chi connectivity index (χ2v) is 7.43. The van der Waals surface area contributed by atoms with Gasteiger partial charge in [0.25, 0.3) is 5.91 Å². The fourth-order valence-electron chi connectivity index (χ4n) is 3.63. The van der Waals surface area contributed by atoms with E-state index in [2.05, 4.69) is 5.32 Å². The van der Waals surface area contributed by atoms with E-state index < -0.39 is 0 Å². The standard InChI is InChI=1S/C21H29N3O4/c1-3-28-21(27)23-12-10-17(11-13-23)20(26)24(18-8-9-18)14-15-4-6-16(7-5-15)19(25)22-2/h4-7,17-18H,3,8-14H2,1-2H3,(H,22,25). The van der Waals surface area contributed by atoms with E-state index in [1.807, 2.05) is 17.0 Å². The van der Waals surface area contributed by atoms with Gasteiger partial charge in [-0.05, 0) is 50.3 Å². The first-order chi connectivity index (χ1) is 13.5. The minimum atomic E-state index is -0.288. The van der Waals surface area contributed by atoms with Crippen molar-refractivity contribution in [3.8, 4) is 0 Å². The summed E-state index contributed by atoms with van der Waals surface area (Å²) in [7, 11) is 1.61. The van der Waals surface area contributed by atoms with Crippen LogP contribution < -0.4 is 5.32 Å². The summed E-state index contributed by atoms with van der Waals surface area (Å²) in [5.41, 5.74) is 1.64. The number of hydrogen-bond donors (Lipinski definition) is 1. The summed E-state index contributed by atoms with van der Waals surface area (Å²) in [6.45, 7) is 3.85. The molecule has 3 amide bonds. The smallest absolute Gasteiger partial charge is 0.409 e. The zero-order chi connectivity index (χ0) is 20.1. The van der Waals surface area contributed by atoms with Gasteiger partial charge in [0, 0.05) is 44.2 Å². The van der Waals surface area contributed by atoms with Crippen LogP contribution in [0, 0.1) is 5.92 Å². The van der Waals surface area contributed by atoms with Crippen molar-refractivity contribution in [3.05, 3.63) is 35.4 Å². The van der Waals surface area contributed by atoms with E-state index in [9.17, 15) is 14.4 Å². The molecule has 7 heteroatoms. The normalized spacial score (nSPS) is 17.1. The fourth-order valence-corrected chi connectivity index (χ4v) is 3.63. The van der Waals surface area contributed by atoms with Crippen molar-refractivity contribution in [1.29, 1.82) is 0 Å². The second kappa shape index (κ2) is 9.08. The SMILES string of the molecule is CCOC(=O)N1CCC(C(=O)N(Cc2ccc(C(=O)NC)cc2)C2CC2)CC1. The number of hydrogen-bond acceptors (Lipinski definition) is 4. The van der Waals surface area contributed by atoms with Gasteiger partial charge < -0.3 is 19.9 Å². The summed E-state index contributed by atoms with van der Waals surface area (Å²) in [5, 5.41) is 2.61. The number of nitrogens with one attached hydrogen (secondary N) is 1. The lowest BCUT2D eigenvalue weighted by atomic mass is 9.95. The van der Waals surface area contributed by atoms with Crippen LogP contribution in [0.2, 0.25) is 0 Å². The lowest BCUT2D eigenvalue weighted by Gasteiger charge is -2.34. The highest BCUT2D eigenvalue weighted by Crippen LogP contribution is 2.32. The molecule has 1 aliphatic heterocycles. The van der Waals surface area contributed by atoms with E-state index in [-0.39, 0.29) is 23.8 Å². The van der Waals surface area contributed by atoms with Crippen LogP contribution >= 0.6 is 0 Å². The van der Waals surface area contributed by atoms with Gasteiger partial charge in [-0.2, -0.15) is 0 Å². The maximum Gasteiger partial charge on any atom is 0.409 e. The van der Waals surface area contributed by atoms with Crippen LogP contribution in [0.1, 0.15) is 48.5 Å². The van der Waals surface area contributed by atoms with Gasteiger partial charge in [0.15, 0.2) is 0 Å². The molecule has 0 radical (unpaired) electrons. The summed E-state index contributed by atoms with van der Waals surface area (Å²) in [6.07, 6.45) is 3.16. The first-order valence-corrected chi connectivity index (χ1v) is 10.1. The molecule has 0 aromatic heterocycles. The monoisotopic (exact) mass is 387 g/mol. The summed E-state index contributed by atoms with van der Waals surface area (Å²) < 4.78 is 5.05. The maximum atomic E-state index is 13.1. The van der Waals surface area contributed by atoms with Gasteiger partial charge in [-0.3, -0.25) is 9.59 Å². The Bertz CT molecular complexity index is 707. The molecule has 1 aromatic carbocycles. The Labute approximate surface area is 166 Å². The third kappa shape index (κ3) is 4.82. The Balaban J connectivity index is 1.59. The van der Waals surface area contributed by atoms with Gasteiger partial charge >= 0.3 is 6.09 Å². The predicted octanol–water partition coefficient (Wildman–Crippen LogP) is 2.41. The largest absolute Gasteiger partial charge is 0.450 e. The van der Waals surface area contributed by atoms with Gasteiger partial charge in [-0.15, -0.1) is 0 Å². The van der Waals surface area contributed by atoms with Gasteiger partial charge in [0.2, 0.25) is 5.91 Å². The van der Waals surface area contributed by atoms with Crippen molar-refractivity contribution in [2.75, 3.05) is 26.7 Å². The molecule has 1 aromatic rings. The number of ether oxygens (including phenoxy) is 1. The fraction of sp³-hybridized carbons (Fsp3) is 0.571. The average Bonchev–Trinajstić information content (AvgIpc) is 3.57. The summed E-state index contributed by atoms with van der Waals surface area (Å²) in [4.78, 5) is 40.3. The maximum absolute atomic E-state index is 13.1. The Kier molecular flexibility index (Phi) is 6.54. The van der Waals surface area contributed by atoms with E-state index in [0.29, 0.717) is 50.7 Å². The third-order valence-corrected chi connectivity index (χ3v) is 5.44. The Morgan fingerprint density at radius 1 is 1.11 bits per heavy atom. The number of amides is 3. The first kappa shape index (κ1) is 20.2. The van der Waals surface area contributed by atoms with Crippen LogP contribution in [0.5, 0.6) is 0 Å². The van der Waals surface area contributed by atoms with E-state index in [1.165, 1.54) is 0 Å². The highest BCUT2D eigenvalue weighted by Gasteiger charge is 2.37. The molecule has 3 rings (SSSR count). The van der Waals surface area contributed by atoms with Crippen molar-refractivity contribution in [2.45, 2.75) is 45.2 Å². The van der Waals surface area contributed by atoms with Crippen LogP contribution in [0.15, 0.2) is 24.3 Å². The van der Waals surface area contributed by atoms with Crippen molar-refractivity contribution in [2.24, 2.45) is 5.92 Å². The molecule has 0 atom stereocenters. The molecule has 0 unspecified atom stereocenters. The highest BCUT2D eigenvalue weighted by atomic mass is 16.6. The summed E-state index contributed by atoms with van der Waals surface area (Å²) in [5.74, 6) is 0.0211. The van der Waals surface area contributed by atoms with Crippen LogP contribution in [-0.2, 0) is 16.1 Å². The molecule has 1 aliphatic carbocycles. The molecular weight excluding hydrogens is 358 g/mol. The average molecular weight is 387 g/mol. The highest BCUT2D eigenvalue weighted by molar-refractivity contribution is 5.93. The van der Waals surface area contributed by atoms with Crippen molar-refractivity contribution >= 4 is 17.9 Å². The molecule has 1 heterocycles. The molecular formula is C21H29N3O4. The summed E-state index contributed by atoms with van der Waals surface area (Å²) in [6, 6.07) is 7.73. The number of rotatable bonds is 6. The van der Waals surface area contributed by atoms with E-state index in [0.717, 1.165) is 18.4 Å².